The van der Waals surface area contributed by atoms with Gasteiger partial charge in [-0.25, -0.2) is 14.2 Å². The number of rotatable bonds is 2. The molecule has 0 atom stereocenters. The summed E-state index contributed by atoms with van der Waals surface area (Å²) in [5.41, 5.74) is 0.216. The van der Waals surface area contributed by atoms with Crippen LogP contribution in [0.15, 0.2) is 27.1 Å². The quantitative estimate of drug-likeness (QED) is 0.924. The molecule has 0 saturated carbocycles. The van der Waals surface area contributed by atoms with Crippen molar-refractivity contribution in [2.75, 3.05) is 0 Å². The Bertz CT molecular complexity index is 574. The van der Waals surface area contributed by atoms with Gasteiger partial charge in [-0.1, -0.05) is 15.9 Å². The molecule has 0 aliphatic rings. The van der Waals surface area contributed by atoms with E-state index in [9.17, 15) is 9.18 Å². The largest absolute Gasteiger partial charge is 0.476 e. The fourth-order valence-corrected chi connectivity index (χ4v) is 1.86. The van der Waals surface area contributed by atoms with E-state index < -0.39 is 11.8 Å². The summed E-state index contributed by atoms with van der Waals surface area (Å²) in [4.78, 5) is 14.6. The first-order valence-corrected chi connectivity index (χ1v) is 5.44. The minimum absolute atomic E-state index is 0.0834. The van der Waals surface area contributed by atoms with E-state index in [0.29, 0.717) is 10.0 Å². The van der Waals surface area contributed by atoms with Crippen LogP contribution in [-0.4, -0.2) is 16.1 Å². The van der Waals surface area contributed by atoms with Gasteiger partial charge >= 0.3 is 5.97 Å². The summed E-state index contributed by atoms with van der Waals surface area (Å²) in [6.45, 7) is 1.49. The van der Waals surface area contributed by atoms with E-state index in [1.54, 1.807) is 6.07 Å². The zero-order valence-electron chi connectivity index (χ0n) is 8.70. The maximum atomic E-state index is 13.2. The summed E-state index contributed by atoms with van der Waals surface area (Å²) in [6, 6.07) is 4.11. The summed E-state index contributed by atoms with van der Waals surface area (Å²) < 4.78 is 18.9. The highest BCUT2D eigenvalue weighted by Gasteiger charge is 2.17. The standard InChI is InChI=1S/C11H7BrFNO3/c1-5-9(11(15)16)14-10(17-5)6-2-7(12)4-8(13)3-6/h2-4H,1H3,(H,15,16). The number of carboxylic acid groups (broad SMARTS) is 1. The van der Waals surface area contributed by atoms with Crippen LogP contribution in [0, 0.1) is 12.7 Å². The Morgan fingerprint density at radius 1 is 1.47 bits per heavy atom. The fourth-order valence-electron chi connectivity index (χ4n) is 1.40. The van der Waals surface area contributed by atoms with Gasteiger partial charge in [-0.2, -0.15) is 0 Å². The van der Waals surface area contributed by atoms with Crippen molar-refractivity contribution in [1.29, 1.82) is 0 Å². The highest BCUT2D eigenvalue weighted by atomic mass is 79.9. The minimum Gasteiger partial charge on any atom is -0.476 e. The second-order valence-corrected chi connectivity index (χ2v) is 4.30. The molecule has 6 heteroatoms. The Morgan fingerprint density at radius 3 is 2.71 bits per heavy atom. The second-order valence-electron chi connectivity index (χ2n) is 3.39. The van der Waals surface area contributed by atoms with Crippen molar-refractivity contribution in [3.63, 3.8) is 0 Å². The molecule has 17 heavy (non-hydrogen) atoms. The first-order valence-electron chi connectivity index (χ1n) is 4.64. The monoisotopic (exact) mass is 299 g/mol. The number of carbonyl (C=O) groups is 1. The Kier molecular flexibility index (Phi) is 2.97. The molecule has 1 heterocycles. The molecule has 0 amide bonds. The van der Waals surface area contributed by atoms with Crippen molar-refractivity contribution in [2.24, 2.45) is 0 Å². The number of aryl methyl sites for hydroxylation is 1. The number of oxazole rings is 1. The third-order valence-corrected chi connectivity index (χ3v) is 2.57. The molecule has 0 fully saturated rings. The van der Waals surface area contributed by atoms with Crippen molar-refractivity contribution in [1.82, 2.24) is 4.98 Å². The molecule has 88 valence electrons. The zero-order chi connectivity index (χ0) is 12.6. The molecule has 0 aliphatic heterocycles. The third-order valence-electron chi connectivity index (χ3n) is 2.11. The summed E-state index contributed by atoms with van der Waals surface area (Å²) in [7, 11) is 0. The number of hydrogen-bond donors (Lipinski definition) is 1. The molecule has 2 aromatic rings. The van der Waals surface area contributed by atoms with Gasteiger partial charge in [-0.15, -0.1) is 0 Å². The number of carboxylic acids is 1. The predicted molar refractivity (Wildman–Crippen MR) is 61.3 cm³/mol. The number of halogens is 2. The molecule has 0 bridgehead atoms. The molecular weight excluding hydrogens is 293 g/mol. The van der Waals surface area contributed by atoms with Crippen molar-refractivity contribution >= 4 is 21.9 Å². The normalized spacial score (nSPS) is 10.5. The number of benzene rings is 1. The number of aromatic carboxylic acids is 1. The van der Waals surface area contributed by atoms with Gasteiger partial charge in [0.25, 0.3) is 0 Å². The second kappa shape index (κ2) is 4.29. The average molecular weight is 300 g/mol. The lowest BCUT2D eigenvalue weighted by Gasteiger charge is -1.97. The van der Waals surface area contributed by atoms with Crippen LogP contribution in [0.25, 0.3) is 11.5 Å². The molecule has 1 aromatic heterocycles. The molecule has 1 aromatic carbocycles. The van der Waals surface area contributed by atoms with E-state index in [1.807, 2.05) is 0 Å². The lowest BCUT2D eigenvalue weighted by Crippen LogP contribution is -1.98. The topological polar surface area (TPSA) is 63.3 Å². The highest BCUT2D eigenvalue weighted by molar-refractivity contribution is 9.10. The molecule has 2 rings (SSSR count). The van der Waals surface area contributed by atoms with E-state index in [2.05, 4.69) is 20.9 Å². The van der Waals surface area contributed by atoms with Crippen molar-refractivity contribution in [3.05, 3.63) is 39.9 Å². The van der Waals surface area contributed by atoms with Gasteiger partial charge in [0.1, 0.15) is 11.6 Å². The molecule has 1 N–H and O–H groups in total. The smallest absolute Gasteiger partial charge is 0.358 e. The van der Waals surface area contributed by atoms with Crippen molar-refractivity contribution in [2.45, 2.75) is 6.92 Å². The minimum atomic E-state index is -1.17. The number of aromatic nitrogens is 1. The highest BCUT2D eigenvalue weighted by Crippen LogP contribution is 2.25. The van der Waals surface area contributed by atoms with Crippen molar-refractivity contribution < 1.29 is 18.7 Å². The van der Waals surface area contributed by atoms with Gasteiger partial charge in [0, 0.05) is 10.0 Å². The molecule has 0 radical (unpaired) electrons. The molecule has 4 nitrogen and oxygen atoms in total. The van der Waals surface area contributed by atoms with Crippen LogP contribution in [0.5, 0.6) is 0 Å². The van der Waals surface area contributed by atoms with Crippen LogP contribution >= 0.6 is 15.9 Å². The summed E-state index contributed by atoms with van der Waals surface area (Å²) in [5, 5.41) is 8.83. The van der Waals surface area contributed by atoms with E-state index in [4.69, 9.17) is 9.52 Å². The van der Waals surface area contributed by atoms with Gasteiger partial charge in [-0.3, -0.25) is 0 Å². The summed E-state index contributed by atoms with van der Waals surface area (Å²) in [5.74, 6) is -1.36. The Hall–Kier alpha value is -1.69. The molecule has 0 spiro atoms. The predicted octanol–water partition coefficient (Wildman–Crippen LogP) is 3.25. The van der Waals surface area contributed by atoms with Gasteiger partial charge in [-0.05, 0) is 25.1 Å². The molecule has 0 saturated heterocycles. The van der Waals surface area contributed by atoms with E-state index >= 15 is 0 Å². The van der Waals surface area contributed by atoms with Crippen molar-refractivity contribution in [3.8, 4) is 11.5 Å². The summed E-state index contributed by atoms with van der Waals surface area (Å²) >= 11 is 3.14. The Balaban J connectivity index is 2.53. The lowest BCUT2D eigenvalue weighted by atomic mass is 10.2. The fraction of sp³-hybridized carbons (Fsp3) is 0.0909. The first-order chi connectivity index (χ1) is 7.97. The van der Waals surface area contributed by atoms with Gasteiger partial charge in [0.2, 0.25) is 5.89 Å². The van der Waals surface area contributed by atoms with Crippen LogP contribution in [-0.2, 0) is 0 Å². The maximum Gasteiger partial charge on any atom is 0.358 e. The van der Waals surface area contributed by atoms with E-state index in [0.717, 1.165) is 0 Å². The van der Waals surface area contributed by atoms with E-state index in [1.165, 1.54) is 19.1 Å². The lowest BCUT2D eigenvalue weighted by molar-refractivity contribution is 0.0689. The third kappa shape index (κ3) is 2.36. The molecular formula is C11H7BrFNO3. The molecule has 0 aliphatic carbocycles. The number of hydrogen-bond acceptors (Lipinski definition) is 3. The number of nitrogens with zero attached hydrogens (tertiary/aromatic N) is 1. The van der Waals surface area contributed by atoms with Gasteiger partial charge in [0.05, 0.1) is 0 Å². The van der Waals surface area contributed by atoms with Gasteiger partial charge < -0.3 is 9.52 Å². The van der Waals surface area contributed by atoms with Crippen LogP contribution in [0.3, 0.4) is 0 Å². The Morgan fingerprint density at radius 2 is 2.18 bits per heavy atom. The van der Waals surface area contributed by atoms with Crippen LogP contribution in [0.1, 0.15) is 16.2 Å². The first kappa shape index (κ1) is 11.8. The van der Waals surface area contributed by atoms with Crippen LogP contribution in [0.2, 0.25) is 0 Å². The van der Waals surface area contributed by atoms with Gasteiger partial charge in [0.15, 0.2) is 5.69 Å². The Labute approximate surface area is 104 Å². The molecule has 0 unspecified atom stereocenters. The average Bonchev–Trinajstić information content (AvgIpc) is 2.59. The van der Waals surface area contributed by atoms with E-state index in [-0.39, 0.29) is 17.3 Å². The van der Waals surface area contributed by atoms with Crippen LogP contribution < -0.4 is 0 Å². The van der Waals surface area contributed by atoms with Crippen LogP contribution in [0.4, 0.5) is 4.39 Å². The maximum absolute atomic E-state index is 13.2. The summed E-state index contributed by atoms with van der Waals surface area (Å²) in [6.07, 6.45) is 0. The zero-order valence-corrected chi connectivity index (χ0v) is 10.3. The SMILES string of the molecule is Cc1oc(-c2cc(F)cc(Br)c2)nc1C(=O)O.